The zero-order chi connectivity index (χ0) is 15.5. The van der Waals surface area contributed by atoms with Crippen molar-refractivity contribution in [3.63, 3.8) is 0 Å². The number of benzene rings is 2. The molecule has 0 heterocycles. The lowest BCUT2D eigenvalue weighted by Gasteiger charge is -2.20. The second kappa shape index (κ2) is 6.13. The summed E-state index contributed by atoms with van der Waals surface area (Å²) >= 11 is 0. The van der Waals surface area contributed by atoms with E-state index in [2.05, 4.69) is 0 Å². The SMILES string of the molecule is CN(c1ccc(F)c(N)c1)S(=O)(=O)CCc1ccccc1. The van der Waals surface area contributed by atoms with Gasteiger partial charge in [0, 0.05) is 7.05 Å². The summed E-state index contributed by atoms with van der Waals surface area (Å²) in [7, 11) is -2.05. The molecular weight excluding hydrogens is 291 g/mol. The zero-order valence-corrected chi connectivity index (χ0v) is 12.5. The summed E-state index contributed by atoms with van der Waals surface area (Å²) in [6.07, 6.45) is 0.421. The first-order chi connectivity index (χ1) is 9.90. The molecule has 0 radical (unpaired) electrons. The average molecular weight is 308 g/mol. The number of anilines is 2. The van der Waals surface area contributed by atoms with E-state index in [9.17, 15) is 12.8 Å². The Morgan fingerprint density at radius 1 is 1.14 bits per heavy atom. The topological polar surface area (TPSA) is 63.4 Å². The van der Waals surface area contributed by atoms with Gasteiger partial charge < -0.3 is 5.73 Å². The zero-order valence-electron chi connectivity index (χ0n) is 11.7. The molecule has 0 atom stereocenters. The second-order valence-electron chi connectivity index (χ2n) is 4.72. The van der Waals surface area contributed by atoms with Gasteiger partial charge in [-0.1, -0.05) is 30.3 Å². The summed E-state index contributed by atoms with van der Waals surface area (Å²) < 4.78 is 38.8. The van der Waals surface area contributed by atoms with E-state index >= 15 is 0 Å². The second-order valence-corrected chi connectivity index (χ2v) is 6.84. The van der Waals surface area contributed by atoms with Gasteiger partial charge in [0.05, 0.1) is 17.1 Å². The number of hydrogen-bond donors (Lipinski definition) is 1. The fraction of sp³-hybridized carbons (Fsp3) is 0.200. The number of nitrogens with two attached hydrogens (primary N) is 1. The van der Waals surface area contributed by atoms with Gasteiger partial charge in [-0.2, -0.15) is 0 Å². The lowest BCUT2D eigenvalue weighted by atomic mass is 10.2. The van der Waals surface area contributed by atoms with Gasteiger partial charge in [-0.05, 0) is 30.2 Å². The maximum atomic E-state index is 13.1. The molecule has 6 heteroatoms. The number of rotatable bonds is 5. The molecule has 0 aliphatic carbocycles. The minimum absolute atomic E-state index is 0.0230. The molecule has 0 bridgehead atoms. The molecule has 0 spiro atoms. The number of nitrogen functional groups attached to an aromatic ring is 1. The van der Waals surface area contributed by atoms with Crippen LogP contribution in [0.3, 0.4) is 0 Å². The normalized spacial score (nSPS) is 11.3. The summed E-state index contributed by atoms with van der Waals surface area (Å²) in [5, 5.41) is 0. The molecule has 0 aliphatic rings. The predicted molar refractivity (Wildman–Crippen MR) is 83.1 cm³/mol. The molecule has 0 unspecified atom stereocenters. The van der Waals surface area contributed by atoms with Crippen molar-refractivity contribution in [1.82, 2.24) is 0 Å². The Bertz CT molecular complexity index is 718. The summed E-state index contributed by atoms with van der Waals surface area (Å²) in [5.74, 6) is -0.584. The molecule has 0 aliphatic heterocycles. The van der Waals surface area contributed by atoms with E-state index in [1.165, 1.54) is 19.2 Å². The highest BCUT2D eigenvalue weighted by atomic mass is 32.2. The largest absolute Gasteiger partial charge is 0.396 e. The van der Waals surface area contributed by atoms with Gasteiger partial charge in [-0.15, -0.1) is 0 Å². The first kappa shape index (κ1) is 15.3. The number of sulfonamides is 1. The molecule has 2 aromatic rings. The van der Waals surface area contributed by atoms with Crippen LogP contribution in [0, 0.1) is 5.82 Å². The van der Waals surface area contributed by atoms with Crippen LogP contribution in [0.5, 0.6) is 0 Å². The maximum Gasteiger partial charge on any atom is 0.235 e. The lowest BCUT2D eigenvalue weighted by Crippen LogP contribution is -2.29. The molecule has 0 saturated heterocycles. The van der Waals surface area contributed by atoms with E-state index in [-0.39, 0.29) is 11.4 Å². The first-order valence-electron chi connectivity index (χ1n) is 6.46. The van der Waals surface area contributed by atoms with Crippen LogP contribution >= 0.6 is 0 Å². The molecular formula is C15H17FN2O2S. The van der Waals surface area contributed by atoms with E-state index in [0.717, 1.165) is 15.9 Å². The third-order valence-corrected chi connectivity index (χ3v) is 5.02. The van der Waals surface area contributed by atoms with Gasteiger partial charge in [0.2, 0.25) is 10.0 Å². The van der Waals surface area contributed by atoms with E-state index < -0.39 is 15.8 Å². The number of nitrogens with zero attached hydrogens (tertiary/aromatic N) is 1. The van der Waals surface area contributed by atoms with Crippen LogP contribution in [0.15, 0.2) is 48.5 Å². The van der Waals surface area contributed by atoms with Gasteiger partial charge in [0.25, 0.3) is 0 Å². The van der Waals surface area contributed by atoms with Crippen LogP contribution in [0.4, 0.5) is 15.8 Å². The van der Waals surface area contributed by atoms with Crippen molar-refractivity contribution < 1.29 is 12.8 Å². The summed E-state index contributed by atoms with van der Waals surface area (Å²) in [4.78, 5) is 0. The van der Waals surface area contributed by atoms with E-state index in [1.54, 1.807) is 0 Å². The molecule has 0 saturated carbocycles. The third kappa shape index (κ3) is 3.72. The van der Waals surface area contributed by atoms with Gasteiger partial charge >= 0.3 is 0 Å². The van der Waals surface area contributed by atoms with Crippen LogP contribution < -0.4 is 10.0 Å². The highest BCUT2D eigenvalue weighted by Gasteiger charge is 2.19. The van der Waals surface area contributed by atoms with E-state index in [1.807, 2.05) is 30.3 Å². The van der Waals surface area contributed by atoms with Crippen molar-refractivity contribution in [2.45, 2.75) is 6.42 Å². The maximum absolute atomic E-state index is 13.1. The summed E-state index contributed by atoms with van der Waals surface area (Å²) in [6, 6.07) is 13.2. The summed E-state index contributed by atoms with van der Waals surface area (Å²) in [6.45, 7) is 0. The molecule has 2 N–H and O–H groups in total. The molecule has 21 heavy (non-hydrogen) atoms. The van der Waals surface area contributed by atoms with Gasteiger partial charge in [-0.25, -0.2) is 12.8 Å². The minimum Gasteiger partial charge on any atom is -0.396 e. The van der Waals surface area contributed by atoms with Crippen LogP contribution in [0.25, 0.3) is 0 Å². The summed E-state index contributed by atoms with van der Waals surface area (Å²) in [5.41, 5.74) is 6.70. The van der Waals surface area contributed by atoms with Crippen molar-refractivity contribution in [2.24, 2.45) is 0 Å². The standard InChI is InChI=1S/C15H17FN2O2S/c1-18(13-7-8-14(16)15(17)11-13)21(19,20)10-9-12-5-3-2-4-6-12/h2-8,11H,9-10,17H2,1H3. The van der Waals surface area contributed by atoms with Crippen molar-refractivity contribution >= 4 is 21.4 Å². The Labute approximate surface area is 124 Å². The van der Waals surface area contributed by atoms with Crippen molar-refractivity contribution in [2.75, 3.05) is 22.8 Å². The monoisotopic (exact) mass is 308 g/mol. The van der Waals surface area contributed by atoms with Gasteiger partial charge in [0.15, 0.2) is 0 Å². The molecule has 0 fully saturated rings. The van der Waals surface area contributed by atoms with Crippen LogP contribution in [-0.4, -0.2) is 21.2 Å². The Kier molecular flexibility index (Phi) is 4.47. The number of hydrogen-bond acceptors (Lipinski definition) is 3. The molecule has 112 valence electrons. The Balaban J connectivity index is 2.13. The Morgan fingerprint density at radius 2 is 1.81 bits per heavy atom. The molecule has 4 nitrogen and oxygen atoms in total. The molecule has 0 amide bonds. The fourth-order valence-corrected chi connectivity index (χ4v) is 3.12. The number of aryl methyl sites for hydroxylation is 1. The van der Waals surface area contributed by atoms with Crippen LogP contribution in [0.2, 0.25) is 0 Å². The van der Waals surface area contributed by atoms with Crippen molar-refractivity contribution in [3.05, 3.63) is 59.9 Å². The molecule has 2 rings (SSSR count). The molecule has 2 aromatic carbocycles. The van der Waals surface area contributed by atoms with Gasteiger partial charge in [-0.3, -0.25) is 4.31 Å². The Morgan fingerprint density at radius 3 is 2.43 bits per heavy atom. The quantitative estimate of drug-likeness (QED) is 0.863. The highest BCUT2D eigenvalue weighted by Crippen LogP contribution is 2.22. The highest BCUT2D eigenvalue weighted by molar-refractivity contribution is 7.92. The average Bonchev–Trinajstić information content (AvgIpc) is 2.48. The first-order valence-corrected chi connectivity index (χ1v) is 8.06. The minimum atomic E-state index is -3.49. The fourth-order valence-electron chi connectivity index (χ4n) is 1.92. The van der Waals surface area contributed by atoms with Crippen LogP contribution in [0.1, 0.15) is 5.56 Å². The van der Waals surface area contributed by atoms with Crippen LogP contribution in [-0.2, 0) is 16.4 Å². The van der Waals surface area contributed by atoms with Crippen molar-refractivity contribution in [3.8, 4) is 0 Å². The molecule has 0 aromatic heterocycles. The number of halogens is 1. The van der Waals surface area contributed by atoms with E-state index in [0.29, 0.717) is 12.1 Å². The Hall–Kier alpha value is -2.08. The lowest BCUT2D eigenvalue weighted by molar-refractivity contribution is 0.593. The third-order valence-electron chi connectivity index (χ3n) is 3.25. The van der Waals surface area contributed by atoms with Crippen molar-refractivity contribution in [1.29, 1.82) is 0 Å². The smallest absolute Gasteiger partial charge is 0.235 e. The van der Waals surface area contributed by atoms with E-state index in [4.69, 9.17) is 5.73 Å². The van der Waals surface area contributed by atoms with Gasteiger partial charge in [0.1, 0.15) is 5.82 Å². The predicted octanol–water partition coefficient (Wildman–Crippen LogP) is 2.42.